The van der Waals surface area contributed by atoms with Crippen LogP contribution in [0, 0.1) is 0 Å². The van der Waals surface area contributed by atoms with Gasteiger partial charge in [-0.3, -0.25) is 4.79 Å². The van der Waals surface area contributed by atoms with E-state index in [1.807, 2.05) is 6.07 Å². The van der Waals surface area contributed by atoms with Gasteiger partial charge in [-0.1, -0.05) is 12.1 Å². The molecule has 108 valence electrons. The molecule has 2 rings (SSSR count). The number of carbonyl (C=O) groups excluding carboxylic acids is 1. The van der Waals surface area contributed by atoms with Crippen LogP contribution >= 0.6 is 0 Å². The first-order valence-corrected chi connectivity index (χ1v) is 6.35. The summed E-state index contributed by atoms with van der Waals surface area (Å²) in [5, 5.41) is 9.11. The molecular weight excluding hydrogens is 262 g/mol. The van der Waals surface area contributed by atoms with Gasteiger partial charge in [-0.2, -0.15) is 0 Å². The first kappa shape index (κ1) is 14.3. The molecule has 0 spiro atoms. The molecule has 0 aromatic heterocycles. The van der Waals surface area contributed by atoms with Crippen molar-refractivity contribution in [1.82, 2.24) is 4.90 Å². The van der Waals surface area contributed by atoms with Crippen molar-refractivity contribution in [3.05, 3.63) is 29.8 Å². The van der Waals surface area contributed by atoms with E-state index in [1.165, 1.54) is 4.90 Å². The summed E-state index contributed by atoms with van der Waals surface area (Å²) in [7, 11) is 1.56. The van der Waals surface area contributed by atoms with Crippen LogP contribution in [0.3, 0.4) is 0 Å². The summed E-state index contributed by atoms with van der Waals surface area (Å²) in [6.07, 6.45) is 0.154. The number of carbonyl (C=O) groups is 2. The van der Waals surface area contributed by atoms with Crippen LogP contribution in [0.25, 0.3) is 0 Å². The summed E-state index contributed by atoms with van der Waals surface area (Å²) in [6.45, 7) is 0.715. The third-order valence-corrected chi connectivity index (χ3v) is 3.22. The molecule has 1 aromatic carbocycles. The minimum absolute atomic E-state index is 0.0409. The van der Waals surface area contributed by atoms with E-state index in [9.17, 15) is 9.59 Å². The average molecular weight is 279 g/mol. The Kier molecular flexibility index (Phi) is 4.57. The van der Waals surface area contributed by atoms with Crippen molar-refractivity contribution in [2.45, 2.75) is 12.5 Å². The maximum atomic E-state index is 12.2. The lowest BCUT2D eigenvalue weighted by molar-refractivity contribution is -0.158. The maximum absolute atomic E-state index is 12.2. The van der Waals surface area contributed by atoms with Gasteiger partial charge in [0, 0.05) is 6.54 Å². The van der Waals surface area contributed by atoms with Gasteiger partial charge < -0.3 is 19.5 Å². The second kappa shape index (κ2) is 6.38. The molecule has 0 unspecified atom stereocenters. The molecule has 1 amide bonds. The Balaban J connectivity index is 2.07. The summed E-state index contributed by atoms with van der Waals surface area (Å²) >= 11 is 0. The average Bonchev–Trinajstić information content (AvgIpc) is 2.47. The second-order valence-corrected chi connectivity index (χ2v) is 4.54. The number of amides is 1. The van der Waals surface area contributed by atoms with Crippen molar-refractivity contribution in [3.63, 3.8) is 0 Å². The van der Waals surface area contributed by atoms with Crippen molar-refractivity contribution in [2.75, 3.05) is 26.9 Å². The molecule has 1 N–H and O–H groups in total. The number of hydrogen-bond acceptors (Lipinski definition) is 4. The van der Waals surface area contributed by atoms with Crippen molar-refractivity contribution in [2.24, 2.45) is 0 Å². The number of methoxy groups -OCH3 is 1. The first-order chi connectivity index (χ1) is 9.61. The summed E-state index contributed by atoms with van der Waals surface area (Å²) in [4.78, 5) is 24.7. The van der Waals surface area contributed by atoms with E-state index < -0.39 is 12.0 Å². The van der Waals surface area contributed by atoms with Crippen LogP contribution in [0.4, 0.5) is 0 Å². The van der Waals surface area contributed by atoms with Crippen LogP contribution in [-0.4, -0.2) is 54.8 Å². The van der Waals surface area contributed by atoms with E-state index in [-0.39, 0.29) is 18.9 Å². The smallest absolute Gasteiger partial charge is 0.328 e. The summed E-state index contributed by atoms with van der Waals surface area (Å²) < 4.78 is 10.2. The van der Waals surface area contributed by atoms with Crippen LogP contribution in [-0.2, 0) is 20.7 Å². The van der Waals surface area contributed by atoms with Crippen molar-refractivity contribution in [1.29, 1.82) is 0 Å². The topological polar surface area (TPSA) is 76.1 Å². The molecule has 20 heavy (non-hydrogen) atoms. The zero-order valence-corrected chi connectivity index (χ0v) is 11.2. The first-order valence-electron chi connectivity index (χ1n) is 6.35. The van der Waals surface area contributed by atoms with Crippen molar-refractivity contribution in [3.8, 4) is 5.75 Å². The summed E-state index contributed by atoms with van der Waals surface area (Å²) in [5.74, 6) is -0.579. The van der Waals surface area contributed by atoms with E-state index in [1.54, 1.807) is 25.3 Å². The summed E-state index contributed by atoms with van der Waals surface area (Å²) in [5.41, 5.74) is 0.796. The van der Waals surface area contributed by atoms with Gasteiger partial charge in [0.15, 0.2) is 6.04 Å². The Morgan fingerprint density at radius 3 is 3.00 bits per heavy atom. The lowest BCUT2D eigenvalue weighted by atomic mass is 10.1. The zero-order chi connectivity index (χ0) is 14.5. The van der Waals surface area contributed by atoms with E-state index in [0.717, 1.165) is 5.56 Å². The molecule has 1 fully saturated rings. The van der Waals surface area contributed by atoms with Crippen LogP contribution in [0.1, 0.15) is 5.56 Å². The van der Waals surface area contributed by atoms with Gasteiger partial charge in [-0.25, -0.2) is 4.79 Å². The highest BCUT2D eigenvalue weighted by molar-refractivity contribution is 5.85. The zero-order valence-electron chi connectivity index (χ0n) is 11.2. The minimum Gasteiger partial charge on any atom is -0.497 e. The van der Waals surface area contributed by atoms with Crippen LogP contribution in [0.15, 0.2) is 24.3 Å². The number of aliphatic carboxylic acids is 1. The Bertz CT molecular complexity index is 502. The van der Waals surface area contributed by atoms with E-state index >= 15 is 0 Å². The molecule has 1 aromatic rings. The maximum Gasteiger partial charge on any atom is 0.328 e. The summed E-state index contributed by atoms with van der Waals surface area (Å²) in [6, 6.07) is 6.28. The lowest BCUT2D eigenvalue weighted by Crippen LogP contribution is -2.53. The van der Waals surface area contributed by atoms with Crippen LogP contribution in [0.2, 0.25) is 0 Å². The van der Waals surface area contributed by atoms with Gasteiger partial charge in [0.05, 0.1) is 26.7 Å². The third kappa shape index (κ3) is 3.27. The molecule has 1 atom stereocenters. The van der Waals surface area contributed by atoms with Crippen molar-refractivity contribution < 1.29 is 24.2 Å². The molecule has 0 radical (unpaired) electrons. The third-order valence-electron chi connectivity index (χ3n) is 3.22. The van der Waals surface area contributed by atoms with Crippen LogP contribution in [0.5, 0.6) is 5.75 Å². The normalized spacial score (nSPS) is 18.6. The Morgan fingerprint density at radius 2 is 2.30 bits per heavy atom. The Hall–Kier alpha value is -2.08. The van der Waals surface area contributed by atoms with Gasteiger partial charge in [0.2, 0.25) is 5.91 Å². The predicted octanol–water partition coefficient (Wildman–Crippen LogP) is 0.550. The van der Waals surface area contributed by atoms with E-state index in [2.05, 4.69) is 0 Å². The largest absolute Gasteiger partial charge is 0.497 e. The standard InChI is InChI=1S/C14H17NO5/c1-19-11-4-2-3-10(7-11)8-13(16)15-5-6-20-9-12(15)14(17)18/h2-4,7,12H,5-6,8-9H2,1H3,(H,17,18)/t12-/m1/s1. The second-order valence-electron chi connectivity index (χ2n) is 4.54. The number of carboxylic acids is 1. The molecule has 0 aliphatic carbocycles. The minimum atomic E-state index is -1.04. The highest BCUT2D eigenvalue weighted by atomic mass is 16.5. The van der Waals surface area contributed by atoms with Crippen molar-refractivity contribution >= 4 is 11.9 Å². The van der Waals surface area contributed by atoms with Gasteiger partial charge >= 0.3 is 5.97 Å². The SMILES string of the molecule is COc1cccc(CC(=O)N2CCOC[C@@H]2C(=O)O)c1. The molecule has 6 heteroatoms. The molecular formula is C14H17NO5. The molecule has 0 saturated carbocycles. The number of rotatable bonds is 4. The number of hydrogen-bond donors (Lipinski definition) is 1. The highest BCUT2D eigenvalue weighted by Gasteiger charge is 2.32. The predicted molar refractivity (Wildman–Crippen MR) is 70.7 cm³/mol. The highest BCUT2D eigenvalue weighted by Crippen LogP contribution is 2.15. The quantitative estimate of drug-likeness (QED) is 0.871. The monoisotopic (exact) mass is 279 g/mol. The fourth-order valence-corrected chi connectivity index (χ4v) is 2.17. The fraction of sp³-hybridized carbons (Fsp3) is 0.429. The molecule has 6 nitrogen and oxygen atoms in total. The number of morpholine rings is 1. The molecule has 1 aliphatic heterocycles. The Morgan fingerprint density at radius 1 is 1.50 bits per heavy atom. The van der Waals surface area contributed by atoms with E-state index in [0.29, 0.717) is 18.9 Å². The Labute approximate surface area is 116 Å². The van der Waals surface area contributed by atoms with Gasteiger partial charge in [0.25, 0.3) is 0 Å². The van der Waals surface area contributed by atoms with Crippen LogP contribution < -0.4 is 4.74 Å². The number of ether oxygens (including phenoxy) is 2. The van der Waals surface area contributed by atoms with Gasteiger partial charge in [-0.05, 0) is 17.7 Å². The number of benzene rings is 1. The molecule has 1 heterocycles. The molecule has 0 bridgehead atoms. The fourth-order valence-electron chi connectivity index (χ4n) is 2.17. The molecule has 1 aliphatic rings. The number of carboxylic acid groups (broad SMARTS) is 1. The molecule has 1 saturated heterocycles. The number of nitrogens with zero attached hydrogens (tertiary/aromatic N) is 1. The van der Waals surface area contributed by atoms with Gasteiger partial charge in [-0.15, -0.1) is 0 Å². The lowest BCUT2D eigenvalue weighted by Gasteiger charge is -2.32. The van der Waals surface area contributed by atoms with E-state index in [4.69, 9.17) is 14.6 Å². The van der Waals surface area contributed by atoms with Gasteiger partial charge in [0.1, 0.15) is 5.75 Å².